The molecule has 4 aromatic rings. The average molecular weight is 524 g/mol. The topological polar surface area (TPSA) is 92.4 Å². The van der Waals surface area contributed by atoms with E-state index in [1.165, 1.54) is 10.1 Å². The standard InChI is InChI=1S/C31H33N5O3/c1-31(2,3)21-8-11-24-19(14-21)17-35(29(24)38)27-7-5-6-23(25(27)18-37)20-15-26(30(39)34(4)16-20)32-28-12-13-36(33-28)22-9-10-22/h5-8,11-16,22,37H,9-10,17-18H2,1-4H3,(H,32,33). The Morgan fingerprint density at radius 3 is 2.56 bits per heavy atom. The van der Waals surface area contributed by atoms with Gasteiger partial charge in [-0.25, -0.2) is 0 Å². The second-order valence-corrected chi connectivity index (χ2v) is 11.6. The number of aliphatic hydroxyl groups excluding tert-OH is 1. The van der Waals surface area contributed by atoms with Gasteiger partial charge in [-0.2, -0.15) is 5.10 Å². The molecule has 1 aliphatic heterocycles. The van der Waals surface area contributed by atoms with Crippen molar-refractivity contribution in [2.75, 3.05) is 10.2 Å². The van der Waals surface area contributed by atoms with Gasteiger partial charge in [0.05, 0.1) is 24.9 Å². The highest BCUT2D eigenvalue weighted by molar-refractivity contribution is 6.10. The summed E-state index contributed by atoms with van der Waals surface area (Å²) in [4.78, 5) is 28.2. The lowest BCUT2D eigenvalue weighted by Gasteiger charge is -2.22. The monoisotopic (exact) mass is 523 g/mol. The van der Waals surface area contributed by atoms with Gasteiger partial charge in [-0.05, 0) is 53.1 Å². The number of anilines is 3. The Morgan fingerprint density at radius 1 is 1.05 bits per heavy atom. The van der Waals surface area contributed by atoms with Crippen molar-refractivity contribution < 1.29 is 9.90 Å². The lowest BCUT2D eigenvalue weighted by atomic mass is 9.85. The normalized spacial score (nSPS) is 15.1. The van der Waals surface area contributed by atoms with Gasteiger partial charge in [0.2, 0.25) is 0 Å². The first-order valence-corrected chi connectivity index (χ1v) is 13.4. The van der Waals surface area contributed by atoms with Crippen molar-refractivity contribution in [2.24, 2.45) is 7.05 Å². The molecule has 0 bridgehead atoms. The Kier molecular flexibility index (Phi) is 5.95. The van der Waals surface area contributed by atoms with Gasteiger partial charge in [-0.1, -0.05) is 45.0 Å². The molecule has 2 N–H and O–H groups in total. The van der Waals surface area contributed by atoms with Gasteiger partial charge in [-0.15, -0.1) is 0 Å². The van der Waals surface area contributed by atoms with E-state index in [4.69, 9.17) is 0 Å². The lowest BCUT2D eigenvalue weighted by Crippen LogP contribution is -2.24. The number of pyridine rings is 1. The van der Waals surface area contributed by atoms with E-state index in [1.54, 1.807) is 24.2 Å². The van der Waals surface area contributed by atoms with Gasteiger partial charge < -0.3 is 19.9 Å². The molecule has 1 saturated carbocycles. The first-order valence-electron chi connectivity index (χ1n) is 13.4. The summed E-state index contributed by atoms with van der Waals surface area (Å²) in [5, 5.41) is 18.3. The molecule has 0 atom stereocenters. The highest BCUT2D eigenvalue weighted by Gasteiger charge is 2.32. The van der Waals surface area contributed by atoms with Gasteiger partial charge in [-0.3, -0.25) is 14.3 Å². The zero-order chi connectivity index (χ0) is 27.5. The summed E-state index contributed by atoms with van der Waals surface area (Å²) in [6, 6.07) is 15.8. The third kappa shape index (κ3) is 4.55. The zero-order valence-corrected chi connectivity index (χ0v) is 22.7. The molecule has 1 amide bonds. The molecule has 6 rings (SSSR count). The van der Waals surface area contributed by atoms with Crippen LogP contribution >= 0.6 is 0 Å². The summed E-state index contributed by atoms with van der Waals surface area (Å²) in [5.41, 5.74) is 5.87. The van der Waals surface area contributed by atoms with Crippen LogP contribution in [-0.2, 0) is 25.6 Å². The fourth-order valence-electron chi connectivity index (χ4n) is 5.28. The largest absolute Gasteiger partial charge is 0.392 e. The van der Waals surface area contributed by atoms with Crippen molar-refractivity contribution in [2.45, 2.75) is 58.2 Å². The van der Waals surface area contributed by atoms with Crippen molar-refractivity contribution in [3.8, 4) is 11.1 Å². The number of fused-ring (bicyclic) bond motifs is 1. The van der Waals surface area contributed by atoms with Crippen molar-refractivity contribution in [3.63, 3.8) is 0 Å². The number of nitrogens with one attached hydrogen (secondary N) is 1. The minimum Gasteiger partial charge on any atom is -0.392 e. The molecular weight excluding hydrogens is 490 g/mol. The smallest absolute Gasteiger partial charge is 0.274 e. The number of hydrogen-bond acceptors (Lipinski definition) is 5. The van der Waals surface area contributed by atoms with Crippen molar-refractivity contribution in [3.05, 3.63) is 93.5 Å². The first-order chi connectivity index (χ1) is 18.6. The van der Waals surface area contributed by atoms with Gasteiger partial charge in [0.15, 0.2) is 5.82 Å². The summed E-state index contributed by atoms with van der Waals surface area (Å²) in [7, 11) is 1.70. The number of rotatable bonds is 6. The van der Waals surface area contributed by atoms with Crippen molar-refractivity contribution >= 4 is 23.1 Å². The fraction of sp³-hybridized carbons (Fsp3) is 0.323. The molecule has 2 aromatic heterocycles. The first kappa shape index (κ1) is 25.1. The van der Waals surface area contributed by atoms with Gasteiger partial charge in [0, 0.05) is 42.2 Å². The maximum absolute atomic E-state index is 13.5. The molecule has 0 spiro atoms. The van der Waals surface area contributed by atoms with E-state index in [-0.39, 0.29) is 23.5 Å². The Bertz CT molecular complexity index is 1660. The van der Waals surface area contributed by atoms with E-state index >= 15 is 0 Å². The Morgan fingerprint density at radius 2 is 1.85 bits per heavy atom. The molecule has 8 heteroatoms. The van der Waals surface area contributed by atoms with E-state index in [0.29, 0.717) is 40.9 Å². The predicted octanol–water partition coefficient (Wildman–Crippen LogP) is 5.28. The molecule has 2 aromatic carbocycles. The molecule has 39 heavy (non-hydrogen) atoms. The number of aliphatic hydroxyl groups is 1. The summed E-state index contributed by atoms with van der Waals surface area (Å²) >= 11 is 0. The van der Waals surface area contributed by atoms with E-state index in [0.717, 1.165) is 29.5 Å². The maximum atomic E-state index is 13.5. The number of aryl methyl sites for hydroxylation is 1. The van der Waals surface area contributed by atoms with Gasteiger partial charge in [0.1, 0.15) is 5.69 Å². The SMILES string of the molecule is Cn1cc(-c2cccc(N3Cc4cc(C(C)(C)C)ccc4C3=O)c2CO)cc(Nc2ccn(C3CC3)n2)c1=O. The van der Waals surface area contributed by atoms with Crippen molar-refractivity contribution in [1.29, 1.82) is 0 Å². The number of amides is 1. The van der Waals surface area contributed by atoms with Gasteiger partial charge >= 0.3 is 0 Å². The number of carbonyl (C=O) groups is 1. The number of carbonyl (C=O) groups excluding carboxylic acids is 1. The number of benzene rings is 2. The molecule has 1 fully saturated rings. The predicted molar refractivity (Wildman–Crippen MR) is 152 cm³/mol. The highest BCUT2D eigenvalue weighted by Crippen LogP contribution is 2.38. The van der Waals surface area contributed by atoms with Crippen LogP contribution in [0.1, 0.15) is 66.7 Å². The maximum Gasteiger partial charge on any atom is 0.274 e. The highest BCUT2D eigenvalue weighted by atomic mass is 16.3. The van der Waals surface area contributed by atoms with E-state index in [2.05, 4.69) is 37.3 Å². The molecule has 3 heterocycles. The third-order valence-corrected chi connectivity index (χ3v) is 7.66. The molecule has 200 valence electrons. The second-order valence-electron chi connectivity index (χ2n) is 11.6. The molecular formula is C31H33N5O3. The van der Waals surface area contributed by atoms with Crippen LogP contribution in [0.4, 0.5) is 17.2 Å². The Balaban J connectivity index is 1.36. The zero-order valence-electron chi connectivity index (χ0n) is 22.7. The van der Waals surface area contributed by atoms with E-state index in [9.17, 15) is 14.7 Å². The van der Waals surface area contributed by atoms with E-state index in [1.807, 2.05) is 47.3 Å². The average Bonchev–Trinajstić information content (AvgIpc) is 3.57. The van der Waals surface area contributed by atoms with Crippen LogP contribution in [0.3, 0.4) is 0 Å². The van der Waals surface area contributed by atoms with Gasteiger partial charge in [0.25, 0.3) is 11.5 Å². The summed E-state index contributed by atoms with van der Waals surface area (Å²) in [6.07, 6.45) is 5.93. The lowest BCUT2D eigenvalue weighted by molar-refractivity contribution is 0.0996. The molecule has 0 saturated heterocycles. The number of hydrogen-bond donors (Lipinski definition) is 2. The van der Waals surface area contributed by atoms with Crippen LogP contribution in [0.15, 0.2) is 65.7 Å². The fourth-order valence-corrected chi connectivity index (χ4v) is 5.28. The second kappa shape index (κ2) is 9.24. The number of aromatic nitrogens is 3. The van der Waals surface area contributed by atoms with Crippen LogP contribution in [-0.4, -0.2) is 25.4 Å². The van der Waals surface area contributed by atoms with Crippen LogP contribution in [0.2, 0.25) is 0 Å². The quantitative estimate of drug-likeness (QED) is 0.359. The number of nitrogens with zero attached hydrogens (tertiary/aromatic N) is 4. The molecule has 1 aliphatic carbocycles. The summed E-state index contributed by atoms with van der Waals surface area (Å²) in [5.74, 6) is 0.536. The molecule has 0 radical (unpaired) electrons. The van der Waals surface area contributed by atoms with Crippen LogP contribution in [0.25, 0.3) is 11.1 Å². The third-order valence-electron chi connectivity index (χ3n) is 7.66. The van der Waals surface area contributed by atoms with Crippen LogP contribution in [0.5, 0.6) is 0 Å². The molecule has 2 aliphatic rings. The summed E-state index contributed by atoms with van der Waals surface area (Å²) < 4.78 is 3.45. The molecule has 0 unspecified atom stereocenters. The van der Waals surface area contributed by atoms with Crippen LogP contribution < -0.4 is 15.8 Å². The van der Waals surface area contributed by atoms with Crippen LogP contribution in [0, 0.1) is 0 Å². The summed E-state index contributed by atoms with van der Waals surface area (Å²) in [6.45, 7) is 6.66. The Hall–Kier alpha value is -4.17. The van der Waals surface area contributed by atoms with E-state index < -0.39 is 0 Å². The molecule has 8 nitrogen and oxygen atoms in total. The minimum atomic E-state index is -0.254. The minimum absolute atomic E-state index is 0.0211. The Labute approximate surface area is 227 Å². The van der Waals surface area contributed by atoms with Crippen molar-refractivity contribution in [1.82, 2.24) is 14.3 Å².